The second-order valence-electron chi connectivity index (χ2n) is 4.64. The summed E-state index contributed by atoms with van der Waals surface area (Å²) < 4.78 is 5.16. The van der Waals surface area contributed by atoms with E-state index in [1.54, 1.807) is 12.5 Å². The first-order valence-electron chi connectivity index (χ1n) is 6.15. The number of aromatic nitrogens is 2. The Morgan fingerprint density at radius 1 is 1.65 bits per heavy atom. The van der Waals surface area contributed by atoms with Crippen molar-refractivity contribution in [1.29, 1.82) is 0 Å². The monoisotopic (exact) mass is 237 g/mol. The fraction of sp³-hybridized carbons (Fsp3) is 0.667. The molecule has 94 valence electrons. The van der Waals surface area contributed by atoms with E-state index in [0.29, 0.717) is 13.0 Å². The standard InChI is InChI=1S/C12H19N3O2/c13-11(6-10-7-14-8-15-10)12(16)17-5-4-9-2-1-3-9/h7-9,11H,1-6,13H2,(H,14,15)/t11-/m0/s1. The predicted octanol–water partition coefficient (Wildman–Crippen LogP) is 1.01. The fourth-order valence-electron chi connectivity index (χ4n) is 1.93. The summed E-state index contributed by atoms with van der Waals surface area (Å²) in [5.41, 5.74) is 6.60. The zero-order chi connectivity index (χ0) is 12.1. The quantitative estimate of drug-likeness (QED) is 0.724. The maximum Gasteiger partial charge on any atom is 0.323 e. The summed E-state index contributed by atoms with van der Waals surface area (Å²) in [6.45, 7) is 0.500. The summed E-state index contributed by atoms with van der Waals surface area (Å²) in [6, 6.07) is -0.600. The van der Waals surface area contributed by atoms with E-state index in [4.69, 9.17) is 10.5 Å². The lowest BCUT2D eigenvalue weighted by molar-refractivity contribution is -0.145. The summed E-state index contributed by atoms with van der Waals surface area (Å²) >= 11 is 0. The van der Waals surface area contributed by atoms with Crippen molar-refractivity contribution < 1.29 is 9.53 Å². The van der Waals surface area contributed by atoms with E-state index < -0.39 is 6.04 Å². The maximum atomic E-state index is 11.6. The summed E-state index contributed by atoms with van der Waals surface area (Å²) in [4.78, 5) is 18.4. The molecule has 17 heavy (non-hydrogen) atoms. The van der Waals surface area contributed by atoms with Gasteiger partial charge in [-0.1, -0.05) is 19.3 Å². The van der Waals surface area contributed by atoms with Gasteiger partial charge in [-0.3, -0.25) is 4.79 Å². The minimum absolute atomic E-state index is 0.320. The Kier molecular flexibility index (Phi) is 4.14. The van der Waals surface area contributed by atoms with E-state index in [9.17, 15) is 4.79 Å². The third kappa shape index (κ3) is 3.56. The molecule has 1 aromatic heterocycles. The molecule has 0 radical (unpaired) electrons. The molecule has 0 amide bonds. The number of hydrogen-bond acceptors (Lipinski definition) is 4. The van der Waals surface area contributed by atoms with Crippen molar-refractivity contribution in [2.75, 3.05) is 6.61 Å². The number of nitrogens with two attached hydrogens (primary N) is 1. The van der Waals surface area contributed by atoms with Crippen LogP contribution >= 0.6 is 0 Å². The van der Waals surface area contributed by atoms with Gasteiger partial charge in [0.2, 0.25) is 0 Å². The second-order valence-corrected chi connectivity index (χ2v) is 4.64. The molecule has 0 bridgehead atoms. The van der Waals surface area contributed by atoms with Crippen LogP contribution in [0.4, 0.5) is 0 Å². The fourth-order valence-corrected chi connectivity index (χ4v) is 1.93. The first-order valence-corrected chi connectivity index (χ1v) is 6.15. The summed E-state index contributed by atoms with van der Waals surface area (Å²) in [7, 11) is 0. The Bertz CT molecular complexity index is 347. The van der Waals surface area contributed by atoms with E-state index in [1.807, 2.05) is 0 Å². The highest BCUT2D eigenvalue weighted by molar-refractivity contribution is 5.75. The highest BCUT2D eigenvalue weighted by atomic mass is 16.5. The van der Waals surface area contributed by atoms with Crippen LogP contribution in [-0.2, 0) is 16.0 Å². The van der Waals surface area contributed by atoms with Gasteiger partial charge in [-0.05, 0) is 12.3 Å². The number of esters is 1. The predicted molar refractivity (Wildman–Crippen MR) is 63.2 cm³/mol. The third-order valence-corrected chi connectivity index (χ3v) is 3.29. The minimum Gasteiger partial charge on any atom is -0.465 e. The van der Waals surface area contributed by atoms with Crippen molar-refractivity contribution in [1.82, 2.24) is 9.97 Å². The van der Waals surface area contributed by atoms with Crippen LogP contribution in [0.5, 0.6) is 0 Å². The number of aromatic amines is 1. The number of hydrogen-bond donors (Lipinski definition) is 2. The summed E-state index contributed by atoms with van der Waals surface area (Å²) in [5.74, 6) is 0.436. The molecule has 2 rings (SSSR count). The molecule has 1 aromatic rings. The van der Waals surface area contributed by atoms with Gasteiger partial charge in [0.15, 0.2) is 0 Å². The largest absolute Gasteiger partial charge is 0.465 e. The van der Waals surface area contributed by atoms with Crippen LogP contribution in [0, 0.1) is 5.92 Å². The van der Waals surface area contributed by atoms with Gasteiger partial charge in [-0.2, -0.15) is 0 Å². The third-order valence-electron chi connectivity index (χ3n) is 3.29. The molecule has 5 nitrogen and oxygen atoms in total. The van der Waals surface area contributed by atoms with Crippen molar-refractivity contribution in [3.8, 4) is 0 Å². The topological polar surface area (TPSA) is 81.0 Å². The Morgan fingerprint density at radius 2 is 2.47 bits per heavy atom. The normalized spacial score (nSPS) is 17.5. The van der Waals surface area contributed by atoms with Gasteiger partial charge < -0.3 is 15.5 Å². The van der Waals surface area contributed by atoms with Crippen LogP contribution < -0.4 is 5.73 Å². The highest BCUT2D eigenvalue weighted by Crippen LogP contribution is 2.29. The van der Waals surface area contributed by atoms with Gasteiger partial charge in [0.05, 0.1) is 12.9 Å². The van der Waals surface area contributed by atoms with Crippen LogP contribution in [0.3, 0.4) is 0 Å². The molecule has 0 spiro atoms. The molecule has 5 heteroatoms. The minimum atomic E-state index is -0.600. The smallest absolute Gasteiger partial charge is 0.323 e. The lowest BCUT2D eigenvalue weighted by Gasteiger charge is -2.25. The van der Waals surface area contributed by atoms with Gasteiger partial charge in [0.25, 0.3) is 0 Å². The lowest BCUT2D eigenvalue weighted by atomic mass is 9.83. The number of ether oxygens (including phenoxy) is 1. The Labute approximate surface area is 101 Å². The molecule has 0 saturated heterocycles. The Morgan fingerprint density at radius 3 is 3.06 bits per heavy atom. The van der Waals surface area contributed by atoms with Gasteiger partial charge in [0.1, 0.15) is 6.04 Å². The molecule has 1 fully saturated rings. The molecule has 0 unspecified atom stereocenters. The van der Waals surface area contributed by atoms with Crippen molar-refractivity contribution in [2.24, 2.45) is 11.7 Å². The van der Waals surface area contributed by atoms with Crippen molar-refractivity contribution in [3.63, 3.8) is 0 Å². The highest BCUT2D eigenvalue weighted by Gasteiger charge is 2.19. The van der Waals surface area contributed by atoms with Crippen LogP contribution in [0.1, 0.15) is 31.4 Å². The van der Waals surface area contributed by atoms with E-state index in [1.165, 1.54) is 19.3 Å². The Hall–Kier alpha value is -1.36. The van der Waals surface area contributed by atoms with Crippen molar-refractivity contribution in [3.05, 3.63) is 18.2 Å². The van der Waals surface area contributed by atoms with Gasteiger partial charge in [0, 0.05) is 18.3 Å². The summed E-state index contributed by atoms with van der Waals surface area (Å²) in [6.07, 6.45) is 8.53. The zero-order valence-corrected chi connectivity index (χ0v) is 9.89. The van der Waals surface area contributed by atoms with Gasteiger partial charge >= 0.3 is 5.97 Å². The molecule has 0 aromatic carbocycles. The van der Waals surface area contributed by atoms with Gasteiger partial charge in [-0.25, -0.2) is 4.98 Å². The average Bonchev–Trinajstić information content (AvgIpc) is 2.74. The zero-order valence-electron chi connectivity index (χ0n) is 9.89. The molecule has 1 atom stereocenters. The number of nitrogens with one attached hydrogen (secondary N) is 1. The molecular weight excluding hydrogens is 218 g/mol. The first kappa shape index (κ1) is 12.1. The van der Waals surface area contributed by atoms with Crippen LogP contribution in [0.15, 0.2) is 12.5 Å². The number of carbonyl (C=O) groups is 1. The number of nitrogens with zero attached hydrogens (tertiary/aromatic N) is 1. The SMILES string of the molecule is N[C@@H](Cc1cnc[nH]1)C(=O)OCCC1CCC1. The van der Waals surface area contributed by atoms with E-state index in [-0.39, 0.29) is 5.97 Å². The average molecular weight is 237 g/mol. The number of carbonyl (C=O) groups excluding carboxylic acids is 1. The number of H-pyrrole nitrogens is 1. The van der Waals surface area contributed by atoms with Crippen LogP contribution in [0.2, 0.25) is 0 Å². The van der Waals surface area contributed by atoms with Gasteiger partial charge in [-0.15, -0.1) is 0 Å². The van der Waals surface area contributed by atoms with Crippen molar-refractivity contribution >= 4 is 5.97 Å². The number of rotatable bonds is 6. The second kappa shape index (κ2) is 5.82. The molecule has 1 saturated carbocycles. The lowest BCUT2D eigenvalue weighted by Crippen LogP contribution is -2.35. The maximum absolute atomic E-state index is 11.6. The molecule has 1 aliphatic carbocycles. The molecule has 1 aliphatic rings. The Balaban J connectivity index is 1.64. The molecule has 3 N–H and O–H groups in total. The first-order chi connectivity index (χ1) is 8.25. The van der Waals surface area contributed by atoms with Crippen molar-refractivity contribution in [2.45, 2.75) is 38.1 Å². The van der Waals surface area contributed by atoms with Crippen LogP contribution in [-0.4, -0.2) is 28.6 Å². The van der Waals surface area contributed by atoms with Crippen LogP contribution in [0.25, 0.3) is 0 Å². The van der Waals surface area contributed by atoms with E-state index in [0.717, 1.165) is 18.0 Å². The summed E-state index contributed by atoms with van der Waals surface area (Å²) in [5, 5.41) is 0. The molecule has 1 heterocycles. The number of imidazole rings is 1. The van der Waals surface area contributed by atoms with E-state index >= 15 is 0 Å². The van der Waals surface area contributed by atoms with E-state index in [2.05, 4.69) is 9.97 Å². The molecular formula is C12H19N3O2. The molecule has 0 aliphatic heterocycles.